The van der Waals surface area contributed by atoms with Crippen molar-refractivity contribution in [2.24, 2.45) is 5.16 Å². The zero-order valence-corrected chi connectivity index (χ0v) is 20.0. The Balaban J connectivity index is 2.04. The highest BCUT2D eigenvalue weighted by Crippen LogP contribution is 2.27. The fraction of sp³-hybridized carbons (Fsp3) is 0.217. The molecular weight excluding hydrogens is 496 g/mol. The van der Waals surface area contributed by atoms with Crippen LogP contribution >= 0.6 is 11.6 Å². The molecule has 2 aromatic heterocycles. The van der Waals surface area contributed by atoms with E-state index in [0.717, 1.165) is 10.7 Å². The van der Waals surface area contributed by atoms with Gasteiger partial charge in [0.05, 0.1) is 40.2 Å². The van der Waals surface area contributed by atoms with E-state index in [2.05, 4.69) is 30.7 Å². The molecule has 0 bridgehead atoms. The first-order chi connectivity index (χ1) is 17.2. The number of rotatable bonds is 8. The molecule has 1 aromatic carbocycles. The van der Waals surface area contributed by atoms with E-state index in [4.69, 9.17) is 11.6 Å². The Morgan fingerprint density at radius 3 is 2.69 bits per heavy atom. The molecule has 36 heavy (non-hydrogen) atoms. The number of anilines is 1. The maximum atomic E-state index is 13.4. The van der Waals surface area contributed by atoms with Crippen LogP contribution in [0.4, 0.5) is 14.5 Å². The molecule has 0 aliphatic heterocycles. The number of carbonyl (C=O) groups excluding carboxylic acids is 2. The second kappa shape index (κ2) is 11.4. The van der Waals surface area contributed by atoms with E-state index < -0.39 is 30.0 Å². The van der Waals surface area contributed by atoms with Crippen LogP contribution in [0, 0.1) is 18.3 Å². The van der Waals surface area contributed by atoms with Gasteiger partial charge in [-0.15, -0.1) is 0 Å². The van der Waals surface area contributed by atoms with Crippen molar-refractivity contribution in [3.05, 3.63) is 69.6 Å². The monoisotopic (exact) mass is 515 g/mol. The quantitative estimate of drug-likeness (QED) is 0.343. The van der Waals surface area contributed by atoms with E-state index in [-0.39, 0.29) is 33.3 Å². The predicted molar refractivity (Wildman–Crippen MR) is 128 cm³/mol. The molecule has 0 saturated heterocycles. The lowest BCUT2D eigenvalue weighted by molar-refractivity contribution is 0.0950. The molecular formula is C23H20ClF2N7O3. The molecule has 0 spiro atoms. The van der Waals surface area contributed by atoms with Crippen LogP contribution in [0.2, 0.25) is 5.02 Å². The Morgan fingerprint density at radius 1 is 1.31 bits per heavy atom. The Morgan fingerprint density at radius 2 is 2.06 bits per heavy atom. The lowest BCUT2D eigenvalue weighted by atomic mass is 10.0. The molecule has 13 heteroatoms. The van der Waals surface area contributed by atoms with Gasteiger partial charge in [-0.2, -0.15) is 10.4 Å². The standard InChI is InChI=1S/C23H20ClF2N7O3/c1-12-7-14(10-27)8-15(22(34)30-13(2)11-29-36-3)19(12)31-23(35)18-9-17(20(25)26)32-33(18)21-16(24)5-4-6-28-21/h4-9,11,13,20H,1-3H3,(H,30,34)(H,31,35)/b29-11+. The van der Waals surface area contributed by atoms with Crippen LogP contribution in [0.3, 0.4) is 0 Å². The number of halogens is 3. The molecule has 2 N–H and O–H groups in total. The van der Waals surface area contributed by atoms with Gasteiger partial charge in [-0.1, -0.05) is 16.8 Å². The molecule has 0 aliphatic rings. The molecule has 1 atom stereocenters. The Kier molecular flexibility index (Phi) is 8.29. The third-order valence-electron chi connectivity index (χ3n) is 4.82. The van der Waals surface area contributed by atoms with Crippen LogP contribution in [0.25, 0.3) is 5.82 Å². The number of nitrogens with one attached hydrogen (secondary N) is 2. The topological polar surface area (TPSA) is 134 Å². The fourth-order valence-electron chi connectivity index (χ4n) is 3.21. The number of aryl methyl sites for hydroxylation is 1. The average Bonchev–Trinajstić information content (AvgIpc) is 3.29. The minimum atomic E-state index is -2.96. The fourth-order valence-corrected chi connectivity index (χ4v) is 3.41. The van der Waals surface area contributed by atoms with Crippen LogP contribution in [-0.4, -0.2) is 45.9 Å². The highest BCUT2D eigenvalue weighted by Gasteiger charge is 2.25. The normalized spacial score (nSPS) is 11.8. The molecule has 2 amide bonds. The number of amides is 2. The van der Waals surface area contributed by atoms with Gasteiger partial charge in [-0.3, -0.25) is 9.59 Å². The van der Waals surface area contributed by atoms with E-state index in [1.54, 1.807) is 13.8 Å². The van der Waals surface area contributed by atoms with Crippen molar-refractivity contribution >= 4 is 35.3 Å². The SMILES string of the molecule is CO/N=C/C(C)NC(=O)c1cc(C#N)cc(C)c1NC(=O)c1cc(C(F)F)nn1-c1ncccc1Cl. The van der Waals surface area contributed by atoms with Crippen LogP contribution < -0.4 is 10.6 Å². The van der Waals surface area contributed by atoms with Gasteiger partial charge in [-0.05, 0) is 49.7 Å². The second-order valence-electron chi connectivity index (χ2n) is 7.46. The molecule has 186 valence electrons. The number of nitrogens with zero attached hydrogens (tertiary/aromatic N) is 5. The summed E-state index contributed by atoms with van der Waals surface area (Å²) in [6, 6.07) is 8.09. The molecule has 0 saturated carbocycles. The van der Waals surface area contributed by atoms with Crippen molar-refractivity contribution in [1.82, 2.24) is 20.1 Å². The van der Waals surface area contributed by atoms with Crippen LogP contribution in [0.1, 0.15) is 51.0 Å². The lowest BCUT2D eigenvalue weighted by Gasteiger charge is -2.16. The summed E-state index contributed by atoms with van der Waals surface area (Å²) in [6.45, 7) is 3.22. The van der Waals surface area contributed by atoms with E-state index in [1.807, 2.05) is 6.07 Å². The van der Waals surface area contributed by atoms with Gasteiger partial charge in [0.1, 0.15) is 18.5 Å². The smallest absolute Gasteiger partial charge is 0.282 e. The maximum Gasteiger partial charge on any atom is 0.282 e. The van der Waals surface area contributed by atoms with Gasteiger partial charge >= 0.3 is 0 Å². The molecule has 3 aromatic rings. The third-order valence-corrected chi connectivity index (χ3v) is 5.12. The van der Waals surface area contributed by atoms with E-state index in [0.29, 0.717) is 5.56 Å². The largest absolute Gasteiger partial charge is 0.399 e. The van der Waals surface area contributed by atoms with Gasteiger partial charge < -0.3 is 15.5 Å². The van der Waals surface area contributed by atoms with Gasteiger partial charge in [0.25, 0.3) is 18.2 Å². The number of oxime groups is 1. The number of aromatic nitrogens is 3. The van der Waals surface area contributed by atoms with Gasteiger partial charge in [0, 0.05) is 6.20 Å². The first-order valence-electron chi connectivity index (χ1n) is 10.4. The van der Waals surface area contributed by atoms with E-state index in [1.165, 1.54) is 43.8 Å². The van der Waals surface area contributed by atoms with Gasteiger partial charge in [-0.25, -0.2) is 18.4 Å². The minimum Gasteiger partial charge on any atom is -0.399 e. The van der Waals surface area contributed by atoms with Crippen molar-refractivity contribution < 1.29 is 23.2 Å². The Hall–Kier alpha value is -4.37. The number of benzene rings is 1. The first kappa shape index (κ1) is 26.2. The zero-order valence-electron chi connectivity index (χ0n) is 19.3. The number of hydrogen-bond donors (Lipinski definition) is 2. The summed E-state index contributed by atoms with van der Waals surface area (Å²) >= 11 is 6.15. The van der Waals surface area contributed by atoms with E-state index in [9.17, 15) is 23.6 Å². The van der Waals surface area contributed by atoms with Crippen LogP contribution in [-0.2, 0) is 4.84 Å². The van der Waals surface area contributed by atoms with Crippen molar-refractivity contribution in [2.75, 3.05) is 12.4 Å². The molecule has 0 radical (unpaired) electrons. The lowest BCUT2D eigenvalue weighted by Crippen LogP contribution is -2.34. The van der Waals surface area contributed by atoms with Crippen molar-refractivity contribution in [3.8, 4) is 11.9 Å². The highest BCUT2D eigenvalue weighted by molar-refractivity contribution is 6.32. The third kappa shape index (κ3) is 5.81. The number of alkyl halides is 2. The molecule has 10 nitrogen and oxygen atoms in total. The van der Waals surface area contributed by atoms with Crippen molar-refractivity contribution in [1.29, 1.82) is 5.26 Å². The summed E-state index contributed by atoms with van der Waals surface area (Å²) in [5.74, 6) is -1.50. The average molecular weight is 516 g/mol. The second-order valence-corrected chi connectivity index (χ2v) is 7.86. The molecule has 1 unspecified atom stereocenters. The number of hydrogen-bond acceptors (Lipinski definition) is 7. The first-order valence-corrected chi connectivity index (χ1v) is 10.8. The molecule has 2 heterocycles. The summed E-state index contributed by atoms with van der Waals surface area (Å²) in [5, 5.41) is 22.0. The Labute approximate surface area is 209 Å². The number of nitriles is 1. The Bertz CT molecular complexity index is 1370. The van der Waals surface area contributed by atoms with Gasteiger partial charge in [0.15, 0.2) is 5.82 Å². The van der Waals surface area contributed by atoms with Crippen molar-refractivity contribution in [3.63, 3.8) is 0 Å². The molecule has 3 rings (SSSR count). The van der Waals surface area contributed by atoms with Crippen LogP contribution in [0.15, 0.2) is 41.7 Å². The summed E-state index contributed by atoms with van der Waals surface area (Å²) in [5.41, 5.74) is -0.329. The van der Waals surface area contributed by atoms with Crippen molar-refractivity contribution in [2.45, 2.75) is 26.3 Å². The highest BCUT2D eigenvalue weighted by atomic mass is 35.5. The van der Waals surface area contributed by atoms with E-state index >= 15 is 0 Å². The maximum absolute atomic E-state index is 13.4. The van der Waals surface area contributed by atoms with Gasteiger partial charge in [0.2, 0.25) is 0 Å². The summed E-state index contributed by atoms with van der Waals surface area (Å²) in [6.07, 6.45) is -0.250. The van der Waals surface area contributed by atoms with Crippen LogP contribution in [0.5, 0.6) is 0 Å². The molecule has 0 fully saturated rings. The number of pyridine rings is 1. The summed E-state index contributed by atoms with van der Waals surface area (Å²) in [7, 11) is 1.35. The summed E-state index contributed by atoms with van der Waals surface area (Å²) in [4.78, 5) is 34.9. The zero-order chi connectivity index (χ0) is 26.4. The predicted octanol–water partition coefficient (Wildman–Crippen LogP) is 4.04. The molecule has 0 aliphatic carbocycles. The minimum absolute atomic E-state index is 0.0198. The summed E-state index contributed by atoms with van der Waals surface area (Å²) < 4.78 is 27.8. The number of carbonyl (C=O) groups is 2.